The summed E-state index contributed by atoms with van der Waals surface area (Å²) >= 11 is 0. The first-order valence-corrected chi connectivity index (χ1v) is 8.44. The molecule has 128 valence electrons. The quantitative estimate of drug-likeness (QED) is 0.613. The minimum atomic E-state index is -0.0932. The van der Waals surface area contributed by atoms with Gasteiger partial charge in [-0.15, -0.1) is 0 Å². The minimum absolute atomic E-state index is 0.0932. The summed E-state index contributed by atoms with van der Waals surface area (Å²) in [5.74, 6) is 0.849. The third-order valence-corrected chi connectivity index (χ3v) is 4.19. The lowest BCUT2D eigenvalue weighted by molar-refractivity contribution is 0.613. The molecule has 0 fully saturated rings. The van der Waals surface area contributed by atoms with Gasteiger partial charge in [0, 0.05) is 0 Å². The Hall–Kier alpha value is -2.14. The van der Waals surface area contributed by atoms with Crippen LogP contribution in [-0.2, 0) is 0 Å². The topological polar surface area (TPSA) is 23.8 Å². The Kier molecular flexibility index (Phi) is 7.17. The van der Waals surface area contributed by atoms with Crippen molar-refractivity contribution in [3.8, 4) is 6.07 Å². The van der Waals surface area contributed by atoms with Crippen molar-refractivity contribution in [1.29, 1.82) is 5.26 Å². The Balaban J connectivity index is 0.000000240. The first kappa shape index (κ1) is 19.9. The highest BCUT2D eigenvalue weighted by Crippen LogP contribution is 2.22. The molecule has 0 aliphatic heterocycles. The van der Waals surface area contributed by atoms with Crippen LogP contribution in [0.2, 0.25) is 0 Å². The monoisotopic (exact) mass is 325 g/mol. The Labute approximate surface area is 146 Å². The molecule has 24 heavy (non-hydrogen) atoms. The fourth-order valence-corrected chi connectivity index (χ4v) is 2.86. The summed E-state index contributed by atoms with van der Waals surface area (Å²) in [6.45, 7) is 14.4. The van der Waals surface area contributed by atoms with E-state index >= 15 is 0 Å². The van der Waals surface area contributed by atoms with Crippen LogP contribution in [0.25, 0.3) is 0 Å². The molecule has 0 atom stereocenters. The molecule has 2 heteroatoms. The number of hydrogen-bond donors (Lipinski definition) is 0. The van der Waals surface area contributed by atoms with Crippen molar-refractivity contribution in [1.82, 2.24) is 0 Å². The Morgan fingerprint density at radius 3 is 1.79 bits per heavy atom. The van der Waals surface area contributed by atoms with Crippen LogP contribution in [0.5, 0.6) is 0 Å². The van der Waals surface area contributed by atoms with Gasteiger partial charge in [-0.3, -0.25) is 0 Å². The summed E-state index contributed by atoms with van der Waals surface area (Å²) in [5, 5.41) is 8.64. The minimum Gasteiger partial charge on any atom is -0.207 e. The average molecular weight is 325 g/mol. The number of halogens is 1. The molecule has 2 rings (SSSR count). The fourth-order valence-electron chi connectivity index (χ4n) is 2.86. The lowest BCUT2D eigenvalue weighted by Gasteiger charge is -2.10. The number of nitrogens with zero attached hydrogens (tertiary/aromatic N) is 1. The van der Waals surface area contributed by atoms with Gasteiger partial charge >= 0.3 is 0 Å². The van der Waals surface area contributed by atoms with Crippen LogP contribution in [0.1, 0.15) is 72.9 Å². The Morgan fingerprint density at radius 1 is 0.792 bits per heavy atom. The third kappa shape index (κ3) is 5.20. The van der Waals surface area contributed by atoms with Gasteiger partial charge in [0.15, 0.2) is 0 Å². The van der Waals surface area contributed by atoms with Crippen LogP contribution >= 0.6 is 0 Å². The van der Waals surface area contributed by atoms with E-state index in [9.17, 15) is 4.39 Å². The van der Waals surface area contributed by atoms with Gasteiger partial charge < -0.3 is 0 Å². The summed E-state index contributed by atoms with van der Waals surface area (Å²) in [5.41, 5.74) is 6.31. The van der Waals surface area contributed by atoms with Crippen molar-refractivity contribution in [3.63, 3.8) is 0 Å². The molecular formula is C22H28FN. The molecule has 0 saturated heterocycles. The van der Waals surface area contributed by atoms with E-state index in [1.165, 1.54) is 16.7 Å². The SMILES string of the molecule is Cc1cc(C#N)ccc1C(C)C.Cc1cc(C)c(C(C)C)cc1F. The predicted molar refractivity (Wildman–Crippen MR) is 99.9 cm³/mol. The molecule has 0 heterocycles. The van der Waals surface area contributed by atoms with E-state index in [1.807, 2.05) is 31.2 Å². The summed E-state index contributed by atoms with van der Waals surface area (Å²) in [6, 6.07) is 11.5. The van der Waals surface area contributed by atoms with E-state index < -0.39 is 0 Å². The molecule has 2 aromatic rings. The summed E-state index contributed by atoms with van der Waals surface area (Å²) in [6.07, 6.45) is 0. The van der Waals surface area contributed by atoms with Crippen LogP contribution < -0.4 is 0 Å². The van der Waals surface area contributed by atoms with Gasteiger partial charge in [0.05, 0.1) is 11.6 Å². The Morgan fingerprint density at radius 2 is 1.33 bits per heavy atom. The molecule has 0 amide bonds. The largest absolute Gasteiger partial charge is 0.207 e. The smallest absolute Gasteiger partial charge is 0.126 e. The molecule has 0 spiro atoms. The van der Waals surface area contributed by atoms with Crippen LogP contribution in [-0.4, -0.2) is 0 Å². The highest BCUT2D eigenvalue weighted by Gasteiger charge is 2.06. The molecule has 0 bridgehead atoms. The maximum absolute atomic E-state index is 13.1. The predicted octanol–water partition coefficient (Wildman–Crippen LogP) is 6.56. The van der Waals surface area contributed by atoms with E-state index in [0.29, 0.717) is 11.8 Å². The van der Waals surface area contributed by atoms with Gasteiger partial charge in [-0.1, -0.05) is 39.8 Å². The molecule has 0 unspecified atom stereocenters. The van der Waals surface area contributed by atoms with Gasteiger partial charge in [0.1, 0.15) is 5.82 Å². The van der Waals surface area contributed by atoms with Crippen molar-refractivity contribution in [3.05, 3.63) is 69.5 Å². The van der Waals surface area contributed by atoms with Gasteiger partial charge in [-0.25, -0.2) is 4.39 Å². The molecule has 0 aromatic heterocycles. The number of aryl methyl sites for hydroxylation is 3. The van der Waals surface area contributed by atoms with Gasteiger partial charge in [-0.2, -0.15) is 5.26 Å². The second-order valence-corrected chi connectivity index (χ2v) is 6.95. The van der Waals surface area contributed by atoms with E-state index in [2.05, 4.69) is 40.7 Å². The second kappa shape index (κ2) is 8.64. The lowest BCUT2D eigenvalue weighted by atomic mass is 9.96. The maximum Gasteiger partial charge on any atom is 0.126 e. The maximum atomic E-state index is 13.1. The van der Waals surface area contributed by atoms with Crippen molar-refractivity contribution < 1.29 is 4.39 Å². The summed E-state index contributed by atoms with van der Waals surface area (Å²) < 4.78 is 13.1. The van der Waals surface area contributed by atoms with Crippen LogP contribution in [0, 0.1) is 37.9 Å². The van der Waals surface area contributed by atoms with Crippen LogP contribution in [0.4, 0.5) is 4.39 Å². The van der Waals surface area contributed by atoms with Crippen molar-refractivity contribution in [2.24, 2.45) is 0 Å². The number of nitriles is 1. The molecule has 1 nitrogen and oxygen atoms in total. The Bertz CT molecular complexity index is 736. The van der Waals surface area contributed by atoms with E-state index in [-0.39, 0.29) is 5.82 Å². The molecular weight excluding hydrogens is 297 g/mol. The van der Waals surface area contributed by atoms with Gasteiger partial charge in [-0.05, 0) is 78.6 Å². The van der Waals surface area contributed by atoms with Gasteiger partial charge in [0.2, 0.25) is 0 Å². The van der Waals surface area contributed by atoms with Crippen molar-refractivity contribution in [2.75, 3.05) is 0 Å². The van der Waals surface area contributed by atoms with Crippen molar-refractivity contribution >= 4 is 0 Å². The number of benzene rings is 2. The second-order valence-electron chi connectivity index (χ2n) is 6.95. The first-order chi connectivity index (χ1) is 11.2. The normalized spacial score (nSPS) is 10.4. The summed E-state index contributed by atoms with van der Waals surface area (Å²) in [4.78, 5) is 0. The zero-order valence-corrected chi connectivity index (χ0v) is 15.9. The third-order valence-electron chi connectivity index (χ3n) is 4.19. The molecule has 0 aliphatic rings. The molecule has 0 aliphatic carbocycles. The van der Waals surface area contributed by atoms with Crippen molar-refractivity contribution in [2.45, 2.75) is 60.3 Å². The molecule has 2 aromatic carbocycles. The van der Waals surface area contributed by atoms with E-state index in [1.54, 1.807) is 13.0 Å². The van der Waals surface area contributed by atoms with E-state index in [0.717, 1.165) is 16.7 Å². The summed E-state index contributed by atoms with van der Waals surface area (Å²) in [7, 11) is 0. The number of rotatable bonds is 2. The first-order valence-electron chi connectivity index (χ1n) is 8.44. The average Bonchev–Trinajstić information content (AvgIpc) is 2.50. The standard InChI is InChI=1S/C11H15F.C11H13N/c1-7(2)10-6-11(12)9(4)5-8(10)3;1-8(2)11-5-4-10(7-12)6-9(11)3/h5-7H,1-4H3;4-6,8H,1-3H3. The van der Waals surface area contributed by atoms with Gasteiger partial charge in [0.25, 0.3) is 0 Å². The van der Waals surface area contributed by atoms with Crippen LogP contribution in [0.3, 0.4) is 0 Å². The molecule has 0 N–H and O–H groups in total. The highest BCUT2D eigenvalue weighted by molar-refractivity contribution is 5.38. The van der Waals surface area contributed by atoms with Crippen LogP contribution in [0.15, 0.2) is 30.3 Å². The van der Waals surface area contributed by atoms with E-state index in [4.69, 9.17) is 5.26 Å². The fraction of sp³-hybridized carbons (Fsp3) is 0.409. The number of hydrogen-bond acceptors (Lipinski definition) is 1. The molecule has 0 radical (unpaired) electrons. The molecule has 0 saturated carbocycles. The zero-order valence-electron chi connectivity index (χ0n) is 15.9. The zero-order chi connectivity index (χ0) is 18.4. The lowest BCUT2D eigenvalue weighted by Crippen LogP contribution is -1.95. The highest BCUT2D eigenvalue weighted by atomic mass is 19.1.